The molecular formula is C15H7ClF3NO3. The van der Waals surface area contributed by atoms with Crippen molar-refractivity contribution in [1.82, 2.24) is 0 Å². The van der Waals surface area contributed by atoms with Gasteiger partial charge in [0.05, 0.1) is 5.56 Å². The standard InChI is InChI=1S/C15H7ClF3NO3/c16-11-6-2-5-10-13(11)20(22)12(14(10)21)8-3-1-4-9(7-8)23-15(17,18)19/h1-7H. The van der Waals surface area contributed by atoms with Gasteiger partial charge in [-0.05, 0) is 30.3 Å². The van der Waals surface area contributed by atoms with E-state index in [2.05, 4.69) is 4.74 Å². The quantitative estimate of drug-likeness (QED) is 0.611. The molecule has 0 N–H and O–H groups in total. The molecule has 0 unspecified atom stereocenters. The zero-order valence-corrected chi connectivity index (χ0v) is 12.0. The predicted molar refractivity (Wildman–Crippen MR) is 76.3 cm³/mol. The van der Waals surface area contributed by atoms with Crippen molar-refractivity contribution >= 4 is 28.8 Å². The minimum atomic E-state index is -4.87. The van der Waals surface area contributed by atoms with Crippen LogP contribution in [0.5, 0.6) is 5.75 Å². The lowest BCUT2D eigenvalue weighted by Gasteiger charge is -2.09. The van der Waals surface area contributed by atoms with Crippen LogP contribution in [0.4, 0.5) is 18.9 Å². The van der Waals surface area contributed by atoms with Gasteiger partial charge >= 0.3 is 6.36 Å². The molecule has 0 fully saturated rings. The second-order valence-corrected chi connectivity index (χ2v) is 5.09. The number of nitrogens with zero attached hydrogens (tertiary/aromatic N) is 1. The van der Waals surface area contributed by atoms with E-state index in [9.17, 15) is 23.2 Å². The number of ether oxygens (including phenoxy) is 1. The van der Waals surface area contributed by atoms with Gasteiger partial charge in [0.2, 0.25) is 5.69 Å². The second-order valence-electron chi connectivity index (χ2n) is 4.68. The lowest BCUT2D eigenvalue weighted by atomic mass is 10.0. The van der Waals surface area contributed by atoms with Gasteiger partial charge in [0.15, 0.2) is 0 Å². The topological polar surface area (TPSA) is 52.4 Å². The smallest absolute Gasteiger partial charge is 0.573 e. The SMILES string of the molecule is O=C1C(c2cccc(OC(F)(F)F)c2)=[N+]([O-])c2c(Cl)cccc21. The molecule has 0 bridgehead atoms. The maximum atomic E-state index is 12.4. The summed E-state index contributed by atoms with van der Waals surface area (Å²) in [6.45, 7) is 0. The van der Waals surface area contributed by atoms with Gasteiger partial charge in [-0.25, -0.2) is 0 Å². The molecule has 1 aliphatic heterocycles. The fourth-order valence-electron chi connectivity index (χ4n) is 2.33. The Hall–Kier alpha value is -2.54. The first-order chi connectivity index (χ1) is 10.8. The van der Waals surface area contributed by atoms with Crippen LogP contribution in [0.25, 0.3) is 0 Å². The number of benzene rings is 2. The van der Waals surface area contributed by atoms with Crippen molar-refractivity contribution in [2.24, 2.45) is 0 Å². The molecule has 2 aromatic rings. The summed E-state index contributed by atoms with van der Waals surface area (Å²) in [4.78, 5) is 12.4. The van der Waals surface area contributed by atoms with Gasteiger partial charge in [-0.15, -0.1) is 13.2 Å². The number of rotatable bonds is 2. The molecule has 8 heteroatoms. The number of Topliss-reactive ketones (excluding diaryl/α,β-unsaturated/α-hetero) is 1. The van der Waals surface area contributed by atoms with Crippen molar-refractivity contribution in [3.8, 4) is 5.75 Å². The number of ketones is 1. The van der Waals surface area contributed by atoms with Crippen LogP contribution < -0.4 is 4.74 Å². The molecule has 0 saturated carbocycles. The number of carbonyl (C=O) groups excluding carboxylic acids is 1. The van der Waals surface area contributed by atoms with Crippen LogP contribution in [0, 0.1) is 5.21 Å². The number of hydrogen-bond donors (Lipinski definition) is 0. The third-order valence-corrected chi connectivity index (χ3v) is 3.50. The molecule has 0 atom stereocenters. The predicted octanol–water partition coefficient (Wildman–Crippen LogP) is 4.07. The second kappa shape index (κ2) is 5.27. The van der Waals surface area contributed by atoms with E-state index < -0.39 is 17.9 Å². The van der Waals surface area contributed by atoms with E-state index in [1.807, 2.05) is 0 Å². The number of hydrogen-bond acceptors (Lipinski definition) is 3. The van der Waals surface area contributed by atoms with Crippen LogP contribution in [0.3, 0.4) is 0 Å². The van der Waals surface area contributed by atoms with Crippen molar-refractivity contribution < 1.29 is 27.4 Å². The fourth-order valence-corrected chi connectivity index (χ4v) is 2.58. The molecule has 1 heterocycles. The molecule has 0 aromatic heterocycles. The molecule has 23 heavy (non-hydrogen) atoms. The highest BCUT2D eigenvalue weighted by Crippen LogP contribution is 2.35. The molecule has 1 aliphatic rings. The van der Waals surface area contributed by atoms with Gasteiger partial charge in [0.1, 0.15) is 16.3 Å². The Kier molecular flexibility index (Phi) is 3.52. The summed E-state index contributed by atoms with van der Waals surface area (Å²) in [6.07, 6.45) is -4.87. The van der Waals surface area contributed by atoms with E-state index in [1.165, 1.54) is 30.3 Å². The van der Waals surface area contributed by atoms with Crippen LogP contribution in [0.15, 0.2) is 42.5 Å². The van der Waals surface area contributed by atoms with Crippen molar-refractivity contribution in [2.75, 3.05) is 0 Å². The zero-order valence-electron chi connectivity index (χ0n) is 11.2. The number of para-hydroxylation sites is 1. The molecular weight excluding hydrogens is 335 g/mol. The summed E-state index contributed by atoms with van der Waals surface area (Å²) < 4.78 is 41.0. The lowest BCUT2D eigenvalue weighted by molar-refractivity contribution is -0.355. The molecule has 118 valence electrons. The zero-order chi connectivity index (χ0) is 16.8. The van der Waals surface area contributed by atoms with E-state index in [1.54, 1.807) is 0 Å². The third kappa shape index (κ3) is 2.75. The third-order valence-electron chi connectivity index (χ3n) is 3.19. The maximum Gasteiger partial charge on any atom is 0.573 e. The average molecular weight is 342 g/mol. The largest absolute Gasteiger partial charge is 0.618 e. The van der Waals surface area contributed by atoms with Gasteiger partial charge < -0.3 is 9.94 Å². The molecule has 0 radical (unpaired) electrons. The fraction of sp³-hybridized carbons (Fsp3) is 0.0667. The van der Waals surface area contributed by atoms with E-state index in [0.29, 0.717) is 4.74 Å². The van der Waals surface area contributed by atoms with Crippen molar-refractivity contribution in [3.05, 3.63) is 63.8 Å². The van der Waals surface area contributed by atoms with Gasteiger partial charge in [-0.2, -0.15) is 4.74 Å². The molecule has 0 aliphatic carbocycles. The van der Waals surface area contributed by atoms with E-state index in [4.69, 9.17) is 11.6 Å². The summed E-state index contributed by atoms with van der Waals surface area (Å²) in [5, 5.41) is 12.4. The van der Waals surface area contributed by atoms with Crippen LogP contribution in [0.2, 0.25) is 5.02 Å². The first-order valence-corrected chi connectivity index (χ1v) is 6.69. The van der Waals surface area contributed by atoms with Crippen molar-refractivity contribution in [2.45, 2.75) is 6.36 Å². The van der Waals surface area contributed by atoms with Gasteiger partial charge in [0, 0.05) is 0 Å². The molecule has 2 aromatic carbocycles. The first-order valence-electron chi connectivity index (χ1n) is 6.31. The van der Waals surface area contributed by atoms with Crippen LogP contribution in [-0.4, -0.2) is 22.6 Å². The van der Waals surface area contributed by atoms with E-state index >= 15 is 0 Å². The molecule has 0 amide bonds. The van der Waals surface area contributed by atoms with Crippen LogP contribution in [-0.2, 0) is 0 Å². The first kappa shape index (κ1) is 15.4. The highest BCUT2D eigenvalue weighted by Gasteiger charge is 2.38. The Labute approximate surface area is 133 Å². The molecule has 3 rings (SSSR count). The Morgan fingerprint density at radius 1 is 1.13 bits per heavy atom. The Morgan fingerprint density at radius 3 is 2.48 bits per heavy atom. The lowest BCUT2D eigenvalue weighted by Crippen LogP contribution is -2.19. The van der Waals surface area contributed by atoms with Crippen molar-refractivity contribution in [1.29, 1.82) is 0 Å². The summed E-state index contributed by atoms with van der Waals surface area (Å²) in [7, 11) is 0. The van der Waals surface area contributed by atoms with Crippen LogP contribution in [0.1, 0.15) is 15.9 Å². The van der Waals surface area contributed by atoms with E-state index in [-0.39, 0.29) is 27.5 Å². The van der Waals surface area contributed by atoms with Gasteiger partial charge in [0.25, 0.3) is 11.5 Å². The van der Waals surface area contributed by atoms with Gasteiger partial charge in [-0.1, -0.05) is 23.7 Å². The van der Waals surface area contributed by atoms with E-state index in [0.717, 1.165) is 12.1 Å². The summed E-state index contributed by atoms with van der Waals surface area (Å²) in [6, 6.07) is 9.05. The molecule has 0 spiro atoms. The highest BCUT2D eigenvalue weighted by atomic mass is 35.5. The minimum absolute atomic E-state index is 0.0130. The molecule has 4 nitrogen and oxygen atoms in total. The van der Waals surface area contributed by atoms with Gasteiger partial charge in [-0.3, -0.25) is 4.79 Å². The Bertz CT molecular complexity index is 846. The summed E-state index contributed by atoms with van der Waals surface area (Å²) in [5.41, 5.74) is -0.208. The average Bonchev–Trinajstić information content (AvgIpc) is 2.70. The normalized spacial score (nSPS) is 14.2. The molecule has 0 saturated heterocycles. The Morgan fingerprint density at radius 2 is 1.83 bits per heavy atom. The Balaban J connectivity index is 2.08. The number of alkyl halides is 3. The van der Waals surface area contributed by atoms with Crippen molar-refractivity contribution in [3.63, 3.8) is 0 Å². The summed E-state index contributed by atoms with van der Waals surface area (Å²) in [5.74, 6) is -1.13. The highest BCUT2D eigenvalue weighted by molar-refractivity contribution is 6.53. The minimum Gasteiger partial charge on any atom is -0.618 e. The summed E-state index contributed by atoms with van der Waals surface area (Å²) >= 11 is 5.92. The van der Waals surface area contributed by atoms with Crippen LogP contribution >= 0.6 is 11.6 Å². The maximum absolute atomic E-state index is 12.4. The number of fused-ring (bicyclic) bond motifs is 1. The number of carbonyl (C=O) groups is 1. The number of halogens is 4. The monoisotopic (exact) mass is 341 g/mol.